The lowest BCUT2D eigenvalue weighted by molar-refractivity contribution is -0.117. The maximum absolute atomic E-state index is 10.4. The highest BCUT2D eigenvalue weighted by molar-refractivity contribution is 5.76. The first-order valence-electron chi connectivity index (χ1n) is 2.90. The minimum absolute atomic E-state index is 0.198. The van der Waals surface area contributed by atoms with Gasteiger partial charge in [-0.05, 0) is 12.1 Å². The molecule has 0 saturated heterocycles. The molecule has 10 heavy (non-hydrogen) atoms. The summed E-state index contributed by atoms with van der Waals surface area (Å²) in [6.45, 7) is 0. The second-order valence-corrected chi connectivity index (χ2v) is 2.05. The maximum atomic E-state index is 10.4. The predicted octanol–water partition coefficient (Wildman–Crippen LogP) is -0.770. The van der Waals surface area contributed by atoms with Gasteiger partial charge in [0.15, 0.2) is 0 Å². The number of nitrogens with two attached hydrogens (primary N) is 2. The van der Waals surface area contributed by atoms with E-state index >= 15 is 0 Å². The van der Waals surface area contributed by atoms with E-state index in [9.17, 15) is 4.79 Å². The van der Waals surface area contributed by atoms with Crippen LogP contribution < -0.4 is 11.6 Å². The smallest absolute Gasteiger partial charge is 0.223 e. The van der Waals surface area contributed by atoms with Gasteiger partial charge in [-0.25, -0.2) is 0 Å². The van der Waals surface area contributed by atoms with Gasteiger partial charge in [-0.3, -0.25) is 9.47 Å². The Balaban J connectivity index is 2.74. The highest BCUT2D eigenvalue weighted by Crippen LogP contribution is 1.96. The van der Waals surface area contributed by atoms with Crippen molar-refractivity contribution in [2.24, 2.45) is 5.73 Å². The molecule has 1 aromatic rings. The Bertz CT molecular complexity index is 241. The highest BCUT2D eigenvalue weighted by Gasteiger charge is 2.00. The summed E-state index contributed by atoms with van der Waals surface area (Å²) in [6, 6.07) is 3.52. The van der Waals surface area contributed by atoms with Crippen molar-refractivity contribution in [3.63, 3.8) is 0 Å². The van der Waals surface area contributed by atoms with Crippen molar-refractivity contribution in [2.45, 2.75) is 6.42 Å². The van der Waals surface area contributed by atoms with Gasteiger partial charge < -0.3 is 11.6 Å². The summed E-state index contributed by atoms with van der Waals surface area (Å²) in [5.41, 5.74) is 5.67. The van der Waals surface area contributed by atoms with Crippen LogP contribution in [0.15, 0.2) is 18.3 Å². The molecule has 4 N–H and O–H groups in total. The molecule has 0 unspecified atom stereocenters. The summed E-state index contributed by atoms with van der Waals surface area (Å²) in [5, 5.41) is 0. The van der Waals surface area contributed by atoms with Crippen molar-refractivity contribution in [1.29, 1.82) is 0 Å². The molecule has 1 aromatic heterocycles. The van der Waals surface area contributed by atoms with Crippen LogP contribution in [0.2, 0.25) is 0 Å². The van der Waals surface area contributed by atoms with Crippen LogP contribution in [0, 0.1) is 0 Å². The molecular weight excluding hydrogens is 130 g/mol. The summed E-state index contributed by atoms with van der Waals surface area (Å²) in [5.74, 6) is 5.03. The van der Waals surface area contributed by atoms with Crippen LogP contribution in [-0.2, 0) is 11.2 Å². The average molecular weight is 139 g/mol. The number of carbonyl (C=O) groups excluding carboxylic acids is 1. The molecule has 54 valence electrons. The van der Waals surface area contributed by atoms with Gasteiger partial charge in [-0.2, -0.15) is 0 Å². The number of rotatable bonds is 2. The molecule has 0 radical (unpaired) electrons. The van der Waals surface area contributed by atoms with E-state index < -0.39 is 0 Å². The molecular formula is C6H9N3O. The van der Waals surface area contributed by atoms with Gasteiger partial charge in [-0.15, -0.1) is 0 Å². The van der Waals surface area contributed by atoms with Gasteiger partial charge >= 0.3 is 0 Å². The number of hydrogen-bond donors (Lipinski definition) is 2. The largest absolute Gasteiger partial charge is 0.369 e. The lowest BCUT2D eigenvalue weighted by atomic mass is 10.3. The summed E-state index contributed by atoms with van der Waals surface area (Å²) in [6.07, 6.45) is 1.86. The molecule has 0 aliphatic rings. The fraction of sp³-hybridized carbons (Fsp3) is 0.167. The fourth-order valence-corrected chi connectivity index (χ4v) is 0.757. The Hall–Kier alpha value is -1.45. The Morgan fingerprint density at radius 1 is 1.70 bits per heavy atom. The average Bonchev–Trinajstić information content (AvgIpc) is 2.15. The third-order valence-corrected chi connectivity index (χ3v) is 1.22. The third-order valence-electron chi connectivity index (χ3n) is 1.22. The molecule has 4 heteroatoms. The summed E-state index contributed by atoms with van der Waals surface area (Å²) in [7, 11) is 0. The quantitative estimate of drug-likeness (QED) is 0.528. The molecule has 0 atom stereocenters. The SMILES string of the molecule is NC(=O)Cc1cccn1N. The Kier molecular flexibility index (Phi) is 1.62. The summed E-state index contributed by atoms with van der Waals surface area (Å²) < 4.78 is 1.38. The first kappa shape index (κ1) is 6.67. The molecule has 1 rings (SSSR count). The van der Waals surface area contributed by atoms with Crippen molar-refractivity contribution >= 4 is 5.91 Å². The van der Waals surface area contributed by atoms with Gasteiger partial charge in [0.05, 0.1) is 6.42 Å². The molecule has 0 saturated carbocycles. The van der Waals surface area contributed by atoms with Crippen LogP contribution in [-0.4, -0.2) is 10.6 Å². The Morgan fingerprint density at radius 3 is 2.80 bits per heavy atom. The number of nitrogen functional groups attached to an aromatic ring is 1. The van der Waals surface area contributed by atoms with E-state index in [4.69, 9.17) is 11.6 Å². The van der Waals surface area contributed by atoms with Crippen LogP contribution in [0.3, 0.4) is 0 Å². The number of nitrogens with zero attached hydrogens (tertiary/aromatic N) is 1. The van der Waals surface area contributed by atoms with Crippen molar-refractivity contribution in [1.82, 2.24) is 4.68 Å². The molecule has 0 aliphatic heterocycles. The van der Waals surface area contributed by atoms with E-state index in [0.717, 1.165) is 5.69 Å². The highest BCUT2D eigenvalue weighted by atomic mass is 16.1. The lowest BCUT2D eigenvalue weighted by Gasteiger charge is -1.97. The molecule has 0 aromatic carbocycles. The molecule has 0 fully saturated rings. The summed E-state index contributed by atoms with van der Waals surface area (Å²) in [4.78, 5) is 10.4. The van der Waals surface area contributed by atoms with Crippen molar-refractivity contribution in [3.8, 4) is 0 Å². The van der Waals surface area contributed by atoms with Crippen LogP contribution >= 0.6 is 0 Å². The van der Waals surface area contributed by atoms with Gasteiger partial charge in [0.2, 0.25) is 5.91 Å². The Morgan fingerprint density at radius 2 is 2.40 bits per heavy atom. The first-order valence-corrected chi connectivity index (χ1v) is 2.90. The minimum atomic E-state index is -0.370. The minimum Gasteiger partial charge on any atom is -0.369 e. The standard InChI is InChI=1S/C6H9N3O/c7-6(10)4-5-2-1-3-9(5)8/h1-3H,4,8H2,(H2,7,10). The van der Waals surface area contributed by atoms with E-state index in [0.29, 0.717) is 0 Å². The van der Waals surface area contributed by atoms with E-state index in [2.05, 4.69) is 0 Å². The molecule has 1 heterocycles. The number of primary amides is 1. The van der Waals surface area contributed by atoms with Gasteiger partial charge in [0, 0.05) is 11.9 Å². The van der Waals surface area contributed by atoms with Crippen LogP contribution in [0.4, 0.5) is 0 Å². The summed E-state index contributed by atoms with van der Waals surface area (Å²) >= 11 is 0. The van der Waals surface area contributed by atoms with Gasteiger partial charge in [0.1, 0.15) is 0 Å². The Labute approximate surface area is 58.4 Å². The second-order valence-electron chi connectivity index (χ2n) is 2.05. The van der Waals surface area contributed by atoms with Crippen molar-refractivity contribution in [3.05, 3.63) is 24.0 Å². The zero-order valence-corrected chi connectivity index (χ0v) is 5.45. The number of carbonyl (C=O) groups is 1. The first-order chi connectivity index (χ1) is 4.70. The number of hydrogen-bond acceptors (Lipinski definition) is 2. The van der Waals surface area contributed by atoms with E-state index in [1.54, 1.807) is 18.3 Å². The second kappa shape index (κ2) is 2.43. The van der Waals surface area contributed by atoms with Gasteiger partial charge in [-0.1, -0.05) is 0 Å². The number of aromatic nitrogens is 1. The van der Waals surface area contributed by atoms with Crippen LogP contribution in [0.25, 0.3) is 0 Å². The molecule has 4 nitrogen and oxygen atoms in total. The van der Waals surface area contributed by atoms with Crippen LogP contribution in [0.1, 0.15) is 5.69 Å². The van der Waals surface area contributed by atoms with Crippen molar-refractivity contribution in [2.75, 3.05) is 5.84 Å². The monoisotopic (exact) mass is 139 g/mol. The van der Waals surface area contributed by atoms with Crippen molar-refractivity contribution < 1.29 is 4.79 Å². The zero-order chi connectivity index (χ0) is 7.56. The fourth-order valence-electron chi connectivity index (χ4n) is 0.757. The molecule has 0 aliphatic carbocycles. The zero-order valence-electron chi connectivity index (χ0n) is 5.45. The third kappa shape index (κ3) is 1.28. The number of amides is 1. The van der Waals surface area contributed by atoms with Crippen LogP contribution in [0.5, 0.6) is 0 Å². The normalized spacial score (nSPS) is 9.60. The molecule has 0 spiro atoms. The topological polar surface area (TPSA) is 74.0 Å². The molecule has 0 bridgehead atoms. The van der Waals surface area contributed by atoms with E-state index in [-0.39, 0.29) is 12.3 Å². The molecule has 1 amide bonds. The van der Waals surface area contributed by atoms with Gasteiger partial charge in [0.25, 0.3) is 0 Å². The maximum Gasteiger partial charge on any atom is 0.223 e. The van der Waals surface area contributed by atoms with E-state index in [1.165, 1.54) is 4.68 Å². The van der Waals surface area contributed by atoms with E-state index in [1.807, 2.05) is 0 Å². The predicted molar refractivity (Wildman–Crippen MR) is 37.5 cm³/mol. The lowest BCUT2D eigenvalue weighted by Crippen LogP contribution is -2.19.